The van der Waals surface area contributed by atoms with E-state index in [1.165, 1.54) is 0 Å². The number of halogens is 3. The zero-order valence-corrected chi connectivity index (χ0v) is 20.3. The molecule has 0 saturated carbocycles. The molecule has 32 heavy (non-hydrogen) atoms. The van der Waals surface area contributed by atoms with Crippen molar-refractivity contribution in [2.24, 2.45) is 4.99 Å². The highest BCUT2D eigenvalue weighted by Gasteiger charge is 2.26. The number of aliphatic imine (C=N–C) groups is 1. The minimum Gasteiger partial charge on any atom is -0.433 e. The molecule has 0 radical (unpaired) electrons. The van der Waals surface area contributed by atoms with Crippen LogP contribution in [0, 0.1) is 0 Å². The maximum absolute atomic E-state index is 12.7. The van der Waals surface area contributed by atoms with Crippen LogP contribution in [0.4, 0.5) is 14.5 Å². The average Bonchev–Trinajstić information content (AvgIpc) is 3.24. The van der Waals surface area contributed by atoms with Crippen molar-refractivity contribution in [3.8, 4) is 5.75 Å². The number of benzene rings is 2. The van der Waals surface area contributed by atoms with Crippen molar-refractivity contribution in [2.75, 3.05) is 32.1 Å². The largest absolute Gasteiger partial charge is 0.433 e. The number of ether oxygens (including phenoxy) is 1. The van der Waals surface area contributed by atoms with Crippen molar-refractivity contribution in [3.63, 3.8) is 0 Å². The Hall–Kier alpha value is -2.63. The second-order valence-electron chi connectivity index (χ2n) is 7.13. The Bertz CT molecular complexity index is 929. The predicted octanol–water partition coefficient (Wildman–Crippen LogP) is 3.21. The van der Waals surface area contributed by atoms with Gasteiger partial charge in [0.15, 0.2) is 5.96 Å². The minimum absolute atomic E-state index is 0. The van der Waals surface area contributed by atoms with Gasteiger partial charge in [-0.05, 0) is 36.2 Å². The first-order chi connectivity index (χ1) is 15.0. The quantitative estimate of drug-likeness (QED) is 0.276. The summed E-state index contributed by atoms with van der Waals surface area (Å²) in [5.41, 5.74) is 2.21. The molecule has 1 atom stereocenters. The van der Waals surface area contributed by atoms with Gasteiger partial charge < -0.3 is 25.6 Å². The Labute approximate surface area is 203 Å². The second-order valence-corrected chi connectivity index (χ2v) is 7.13. The van der Waals surface area contributed by atoms with Crippen molar-refractivity contribution in [3.05, 3.63) is 59.7 Å². The number of hydrogen-bond acceptors (Lipinski definition) is 4. The molecule has 1 saturated heterocycles. The third-order valence-electron chi connectivity index (χ3n) is 5.05. The first-order valence-electron chi connectivity index (χ1n) is 10.1. The molecule has 1 heterocycles. The molecular weight excluding hydrogens is 531 g/mol. The highest BCUT2D eigenvalue weighted by molar-refractivity contribution is 14.0. The lowest BCUT2D eigenvalue weighted by Crippen LogP contribution is -2.44. The predicted molar refractivity (Wildman–Crippen MR) is 132 cm³/mol. The van der Waals surface area contributed by atoms with Crippen LogP contribution < -0.4 is 25.6 Å². The Kier molecular flexibility index (Phi) is 9.95. The van der Waals surface area contributed by atoms with Gasteiger partial charge in [0.25, 0.3) is 5.91 Å². The van der Waals surface area contributed by atoms with E-state index in [4.69, 9.17) is 0 Å². The Balaban J connectivity index is 0.00000363. The Morgan fingerprint density at radius 2 is 2.03 bits per heavy atom. The number of anilines is 1. The average molecular weight is 559 g/mol. The van der Waals surface area contributed by atoms with Crippen molar-refractivity contribution >= 4 is 41.5 Å². The molecule has 0 spiro atoms. The first kappa shape index (κ1) is 25.6. The van der Waals surface area contributed by atoms with Crippen LogP contribution in [-0.4, -0.2) is 51.7 Å². The summed E-state index contributed by atoms with van der Waals surface area (Å²) >= 11 is 0. The van der Waals surface area contributed by atoms with Gasteiger partial charge >= 0.3 is 6.61 Å². The minimum atomic E-state index is -2.86. The molecular formula is C22H28F2IN5O2. The summed E-state index contributed by atoms with van der Waals surface area (Å²) in [4.78, 5) is 18.1. The fourth-order valence-electron chi connectivity index (χ4n) is 3.55. The van der Waals surface area contributed by atoms with Crippen molar-refractivity contribution in [1.29, 1.82) is 0 Å². The second kappa shape index (κ2) is 12.4. The number of nitrogens with zero attached hydrogens (tertiary/aromatic N) is 2. The molecule has 174 valence electrons. The van der Waals surface area contributed by atoms with Gasteiger partial charge in [0.1, 0.15) is 5.75 Å². The summed E-state index contributed by atoms with van der Waals surface area (Å²) in [6.07, 6.45) is 0.829. The zero-order valence-electron chi connectivity index (χ0n) is 18.0. The fourth-order valence-corrected chi connectivity index (χ4v) is 3.55. The number of nitrogens with one attached hydrogen (secondary N) is 3. The summed E-state index contributed by atoms with van der Waals surface area (Å²) in [5, 5.41) is 9.24. The summed E-state index contributed by atoms with van der Waals surface area (Å²) < 4.78 is 30.1. The van der Waals surface area contributed by atoms with Crippen molar-refractivity contribution in [1.82, 2.24) is 16.0 Å². The molecule has 1 unspecified atom stereocenters. The third-order valence-corrected chi connectivity index (χ3v) is 5.05. The zero-order chi connectivity index (χ0) is 22.2. The van der Waals surface area contributed by atoms with Gasteiger partial charge in [-0.3, -0.25) is 9.79 Å². The molecule has 0 aliphatic carbocycles. The van der Waals surface area contributed by atoms with E-state index in [0.717, 1.165) is 12.0 Å². The highest BCUT2D eigenvalue weighted by atomic mass is 127. The number of alkyl halides is 2. The van der Waals surface area contributed by atoms with E-state index < -0.39 is 6.61 Å². The van der Waals surface area contributed by atoms with Gasteiger partial charge in [-0.15, -0.1) is 24.0 Å². The number of guanidine groups is 1. The number of carbonyl (C=O) groups excluding carboxylic acids is 1. The molecule has 10 heteroatoms. The van der Waals surface area contributed by atoms with Gasteiger partial charge in [-0.1, -0.05) is 24.3 Å². The molecule has 1 aliphatic heterocycles. The standard InChI is InChI=1S/C22H27F2N5O2.HI/c1-25-20(30)16-7-5-6-15(12-16)13-27-22(26-2)28-17-10-11-29(14-17)18-8-3-4-9-19(18)31-21(23)24;/h3-9,12,17,21H,10-11,13-14H2,1-2H3,(H,25,30)(H2,26,27,28);1H. The summed E-state index contributed by atoms with van der Waals surface area (Å²) in [6.45, 7) is -1.00. The number of para-hydroxylation sites is 2. The molecule has 0 bridgehead atoms. The molecule has 3 N–H and O–H groups in total. The van der Waals surface area contributed by atoms with E-state index in [0.29, 0.717) is 36.8 Å². The molecule has 2 aromatic carbocycles. The number of amides is 1. The van der Waals surface area contributed by atoms with E-state index in [9.17, 15) is 13.6 Å². The van der Waals surface area contributed by atoms with Gasteiger partial charge in [0, 0.05) is 45.3 Å². The highest BCUT2D eigenvalue weighted by Crippen LogP contribution is 2.31. The van der Waals surface area contributed by atoms with Gasteiger partial charge in [0.2, 0.25) is 0 Å². The van der Waals surface area contributed by atoms with Crippen LogP contribution in [-0.2, 0) is 6.54 Å². The van der Waals surface area contributed by atoms with E-state index in [1.54, 1.807) is 38.4 Å². The topological polar surface area (TPSA) is 78.0 Å². The smallest absolute Gasteiger partial charge is 0.387 e. The maximum Gasteiger partial charge on any atom is 0.387 e. The fraction of sp³-hybridized carbons (Fsp3) is 0.364. The van der Waals surface area contributed by atoms with Gasteiger partial charge in [0.05, 0.1) is 5.69 Å². The first-order valence-corrected chi connectivity index (χ1v) is 10.1. The molecule has 0 aromatic heterocycles. The van der Waals surface area contributed by atoms with Gasteiger partial charge in [-0.25, -0.2) is 0 Å². The lowest BCUT2D eigenvalue weighted by Gasteiger charge is -2.22. The molecule has 1 fully saturated rings. The summed E-state index contributed by atoms with van der Waals surface area (Å²) in [6, 6.07) is 14.3. The third kappa shape index (κ3) is 6.94. The van der Waals surface area contributed by atoms with Crippen molar-refractivity contribution in [2.45, 2.75) is 25.6 Å². The van der Waals surface area contributed by atoms with Crippen LogP contribution in [0.25, 0.3) is 0 Å². The maximum atomic E-state index is 12.7. The molecule has 1 aliphatic rings. The van der Waals surface area contributed by atoms with E-state index in [1.807, 2.05) is 29.2 Å². The van der Waals surface area contributed by atoms with Gasteiger partial charge in [-0.2, -0.15) is 8.78 Å². The SMILES string of the molecule is CN=C(NCc1cccc(C(=O)NC)c1)NC1CCN(c2ccccc2OC(F)F)C1.I. The van der Waals surface area contributed by atoms with Crippen LogP contribution in [0.1, 0.15) is 22.3 Å². The van der Waals surface area contributed by atoms with E-state index in [-0.39, 0.29) is 41.7 Å². The van der Waals surface area contributed by atoms with Crippen LogP contribution in [0.3, 0.4) is 0 Å². The molecule has 3 rings (SSSR count). The monoisotopic (exact) mass is 559 g/mol. The molecule has 1 amide bonds. The van der Waals surface area contributed by atoms with Crippen molar-refractivity contribution < 1.29 is 18.3 Å². The summed E-state index contributed by atoms with van der Waals surface area (Å²) in [5.74, 6) is 0.678. The Morgan fingerprint density at radius 3 is 2.75 bits per heavy atom. The van der Waals surface area contributed by atoms with Crippen LogP contribution in [0.15, 0.2) is 53.5 Å². The lowest BCUT2D eigenvalue weighted by molar-refractivity contribution is -0.0495. The lowest BCUT2D eigenvalue weighted by atomic mass is 10.1. The number of carbonyl (C=O) groups is 1. The van der Waals surface area contributed by atoms with Crippen LogP contribution >= 0.6 is 24.0 Å². The summed E-state index contributed by atoms with van der Waals surface area (Å²) in [7, 11) is 3.29. The van der Waals surface area contributed by atoms with E-state index in [2.05, 4.69) is 25.7 Å². The Morgan fingerprint density at radius 1 is 1.25 bits per heavy atom. The number of rotatable bonds is 7. The molecule has 2 aromatic rings. The number of hydrogen-bond donors (Lipinski definition) is 3. The normalized spacial score (nSPS) is 15.8. The molecule has 7 nitrogen and oxygen atoms in total. The van der Waals surface area contributed by atoms with Crippen LogP contribution in [0.2, 0.25) is 0 Å². The van der Waals surface area contributed by atoms with Crippen LogP contribution in [0.5, 0.6) is 5.75 Å². The van der Waals surface area contributed by atoms with E-state index >= 15 is 0 Å².